The molecule has 0 atom stereocenters. The Morgan fingerprint density at radius 2 is 1.71 bits per heavy atom. The quantitative estimate of drug-likeness (QED) is 0.467. The van der Waals surface area contributed by atoms with E-state index in [1.807, 2.05) is 0 Å². The fourth-order valence-corrected chi connectivity index (χ4v) is 1.32. The van der Waals surface area contributed by atoms with Crippen molar-refractivity contribution in [1.82, 2.24) is 0 Å². The predicted octanol–water partition coefficient (Wildman–Crippen LogP) is 3.07. The summed E-state index contributed by atoms with van der Waals surface area (Å²) in [6.07, 6.45) is 0.0436. The molecule has 0 saturated carbocycles. The van der Waals surface area contributed by atoms with Crippen molar-refractivity contribution in [2.24, 2.45) is 0 Å². The van der Waals surface area contributed by atoms with Crippen LogP contribution in [0.15, 0.2) is 12.1 Å². The number of Topliss-reactive ketones (excluding diaryl/α,β-unsaturated/α-hetero) is 1. The van der Waals surface area contributed by atoms with Crippen LogP contribution in [-0.2, 0) is 0 Å². The second-order valence-electron chi connectivity index (χ2n) is 2.61. The molecule has 1 nitrogen and oxygen atoms in total. The number of benzene rings is 1. The maximum Gasteiger partial charge on any atom is 0.166 e. The Labute approximate surface area is 87.1 Å². The summed E-state index contributed by atoms with van der Waals surface area (Å²) in [6, 6.07) is 0.951. The van der Waals surface area contributed by atoms with E-state index in [9.17, 15) is 18.0 Å². The summed E-state index contributed by atoms with van der Waals surface area (Å²) < 4.78 is 38.1. The maximum atomic E-state index is 13.0. The lowest BCUT2D eigenvalue weighted by molar-refractivity contribution is 0.0985. The molecule has 1 aromatic rings. The molecule has 0 radical (unpaired) electrons. The normalized spacial score (nSPS) is 10.3. The van der Waals surface area contributed by atoms with Crippen LogP contribution in [-0.4, -0.2) is 11.1 Å². The molecule has 76 valence electrons. The van der Waals surface area contributed by atoms with E-state index in [0.717, 1.165) is 0 Å². The monoisotopic (exact) mass is 266 g/mol. The molecule has 0 N–H and O–H groups in total. The van der Waals surface area contributed by atoms with Crippen molar-refractivity contribution in [2.75, 3.05) is 5.33 Å². The molecular formula is C9H6BrF3O. The predicted molar refractivity (Wildman–Crippen MR) is 49.1 cm³/mol. The van der Waals surface area contributed by atoms with Crippen LogP contribution in [0, 0.1) is 17.5 Å². The molecule has 0 heterocycles. The molecule has 0 aromatic heterocycles. The molecule has 1 rings (SSSR count). The van der Waals surface area contributed by atoms with Crippen molar-refractivity contribution in [3.05, 3.63) is 35.1 Å². The third-order valence-corrected chi connectivity index (χ3v) is 2.03. The maximum absolute atomic E-state index is 13.0. The van der Waals surface area contributed by atoms with Crippen LogP contribution in [0.4, 0.5) is 13.2 Å². The fourth-order valence-electron chi connectivity index (χ4n) is 0.957. The average molecular weight is 267 g/mol. The van der Waals surface area contributed by atoms with Crippen LogP contribution in [0.25, 0.3) is 0 Å². The van der Waals surface area contributed by atoms with Gasteiger partial charge < -0.3 is 0 Å². The lowest BCUT2D eigenvalue weighted by Gasteiger charge is -2.01. The Morgan fingerprint density at radius 3 is 2.29 bits per heavy atom. The second-order valence-corrected chi connectivity index (χ2v) is 3.40. The minimum Gasteiger partial charge on any atom is -0.294 e. The van der Waals surface area contributed by atoms with E-state index in [0.29, 0.717) is 17.5 Å². The highest BCUT2D eigenvalue weighted by atomic mass is 79.9. The smallest absolute Gasteiger partial charge is 0.166 e. The van der Waals surface area contributed by atoms with E-state index in [1.165, 1.54) is 0 Å². The number of hydrogen-bond donors (Lipinski definition) is 0. The lowest BCUT2D eigenvalue weighted by atomic mass is 10.1. The molecule has 0 aliphatic heterocycles. The molecule has 0 bridgehead atoms. The van der Waals surface area contributed by atoms with Crippen LogP contribution < -0.4 is 0 Å². The van der Waals surface area contributed by atoms with Gasteiger partial charge in [0.1, 0.15) is 5.82 Å². The van der Waals surface area contributed by atoms with Gasteiger partial charge in [-0.05, 0) is 6.07 Å². The lowest BCUT2D eigenvalue weighted by Crippen LogP contribution is -2.04. The first-order valence-electron chi connectivity index (χ1n) is 3.80. The van der Waals surface area contributed by atoms with Gasteiger partial charge in [0.15, 0.2) is 17.4 Å². The zero-order valence-corrected chi connectivity index (χ0v) is 8.58. The number of alkyl halides is 1. The molecule has 0 aliphatic rings. The third-order valence-electron chi connectivity index (χ3n) is 1.63. The molecule has 0 spiro atoms. The number of rotatable bonds is 3. The summed E-state index contributed by atoms with van der Waals surface area (Å²) >= 11 is 2.99. The Kier molecular flexibility index (Phi) is 3.69. The highest BCUT2D eigenvalue weighted by Crippen LogP contribution is 2.15. The second kappa shape index (κ2) is 4.59. The van der Waals surface area contributed by atoms with E-state index in [1.54, 1.807) is 0 Å². The summed E-state index contributed by atoms with van der Waals surface area (Å²) in [7, 11) is 0. The largest absolute Gasteiger partial charge is 0.294 e. The minimum absolute atomic E-state index is 0.0436. The Morgan fingerprint density at radius 1 is 1.14 bits per heavy atom. The van der Waals surface area contributed by atoms with Gasteiger partial charge >= 0.3 is 0 Å². The van der Waals surface area contributed by atoms with Gasteiger partial charge in [-0.15, -0.1) is 0 Å². The van der Waals surface area contributed by atoms with E-state index in [4.69, 9.17) is 0 Å². The first-order chi connectivity index (χ1) is 6.56. The summed E-state index contributed by atoms with van der Waals surface area (Å²) in [5, 5.41) is 0.351. The first kappa shape index (κ1) is 11.2. The van der Waals surface area contributed by atoms with Crippen LogP contribution in [0.1, 0.15) is 16.8 Å². The van der Waals surface area contributed by atoms with Gasteiger partial charge in [-0.2, -0.15) is 0 Å². The third kappa shape index (κ3) is 2.35. The van der Waals surface area contributed by atoms with Gasteiger partial charge in [0.05, 0.1) is 5.56 Å². The first-order valence-corrected chi connectivity index (χ1v) is 4.92. The SMILES string of the molecule is O=C(CCBr)c1cc(F)c(F)cc1F. The highest BCUT2D eigenvalue weighted by molar-refractivity contribution is 9.09. The molecule has 0 amide bonds. The molecule has 1 aromatic carbocycles. The van der Waals surface area contributed by atoms with Gasteiger partial charge in [-0.25, -0.2) is 13.2 Å². The number of carbonyl (C=O) groups is 1. The van der Waals surface area contributed by atoms with Gasteiger partial charge in [0.2, 0.25) is 0 Å². The topological polar surface area (TPSA) is 17.1 Å². The number of ketones is 1. The zero-order chi connectivity index (χ0) is 10.7. The summed E-state index contributed by atoms with van der Waals surface area (Å²) in [4.78, 5) is 11.2. The Balaban J connectivity index is 3.09. The van der Waals surface area contributed by atoms with Gasteiger partial charge in [-0.3, -0.25) is 4.79 Å². The molecular weight excluding hydrogens is 261 g/mol. The standard InChI is InChI=1S/C9H6BrF3O/c10-2-1-9(14)5-3-7(12)8(13)4-6(5)11/h3-4H,1-2H2. The summed E-state index contributed by atoms with van der Waals surface area (Å²) in [5.41, 5.74) is -0.414. The molecule has 0 unspecified atom stereocenters. The van der Waals surface area contributed by atoms with Gasteiger partial charge in [0, 0.05) is 17.8 Å². The summed E-state index contributed by atoms with van der Waals surface area (Å²) in [5.74, 6) is -4.10. The van der Waals surface area contributed by atoms with Crippen LogP contribution in [0.3, 0.4) is 0 Å². The van der Waals surface area contributed by atoms with Crippen molar-refractivity contribution in [1.29, 1.82) is 0 Å². The Hall–Kier alpha value is -0.840. The van der Waals surface area contributed by atoms with Crippen molar-refractivity contribution in [3.8, 4) is 0 Å². The van der Waals surface area contributed by atoms with Crippen molar-refractivity contribution in [3.63, 3.8) is 0 Å². The van der Waals surface area contributed by atoms with Crippen molar-refractivity contribution < 1.29 is 18.0 Å². The fraction of sp³-hybridized carbons (Fsp3) is 0.222. The minimum atomic E-state index is -1.29. The molecule has 5 heteroatoms. The van der Waals surface area contributed by atoms with E-state index in [-0.39, 0.29) is 6.42 Å². The van der Waals surface area contributed by atoms with Gasteiger partial charge in [-0.1, -0.05) is 15.9 Å². The van der Waals surface area contributed by atoms with E-state index < -0.39 is 28.8 Å². The number of carbonyl (C=O) groups excluding carboxylic acids is 1. The number of halogens is 4. The molecule has 14 heavy (non-hydrogen) atoms. The Bertz CT molecular complexity index is 365. The van der Waals surface area contributed by atoms with Gasteiger partial charge in [0.25, 0.3) is 0 Å². The van der Waals surface area contributed by atoms with Crippen molar-refractivity contribution in [2.45, 2.75) is 6.42 Å². The van der Waals surface area contributed by atoms with Crippen molar-refractivity contribution >= 4 is 21.7 Å². The van der Waals surface area contributed by atoms with E-state index in [2.05, 4.69) is 15.9 Å². The zero-order valence-electron chi connectivity index (χ0n) is 6.99. The summed E-state index contributed by atoms with van der Waals surface area (Å²) in [6.45, 7) is 0. The van der Waals surface area contributed by atoms with Crippen LogP contribution >= 0.6 is 15.9 Å². The molecule has 0 saturated heterocycles. The van der Waals surface area contributed by atoms with Crippen LogP contribution in [0.5, 0.6) is 0 Å². The van der Waals surface area contributed by atoms with Crippen LogP contribution in [0.2, 0.25) is 0 Å². The molecule has 0 fully saturated rings. The number of hydrogen-bond acceptors (Lipinski definition) is 1. The molecule has 0 aliphatic carbocycles. The highest BCUT2D eigenvalue weighted by Gasteiger charge is 2.15. The average Bonchev–Trinajstić information content (AvgIpc) is 2.11. The van der Waals surface area contributed by atoms with E-state index >= 15 is 0 Å².